The molecule has 3 rings (SSSR count). The summed E-state index contributed by atoms with van der Waals surface area (Å²) < 4.78 is 0. The van der Waals surface area contributed by atoms with Gasteiger partial charge >= 0.3 is 0 Å². The molecule has 0 bridgehead atoms. The third kappa shape index (κ3) is 1.54. The molecule has 0 radical (unpaired) electrons. The minimum atomic E-state index is -0.175. The molecule has 0 aliphatic carbocycles. The van der Waals surface area contributed by atoms with Crippen molar-refractivity contribution in [2.45, 2.75) is 5.38 Å². The Morgan fingerprint density at radius 2 is 1.71 bits per heavy atom. The number of alkyl halides is 1. The lowest BCUT2D eigenvalue weighted by molar-refractivity contribution is 1.03. The van der Waals surface area contributed by atoms with Crippen LogP contribution in [0.3, 0.4) is 0 Å². The second kappa shape index (κ2) is 3.94. The largest absolute Gasteiger partial charge is 0.344 e. The van der Waals surface area contributed by atoms with Crippen LogP contribution in [0.25, 0.3) is 0 Å². The Bertz CT molecular complexity index is 580. The minimum absolute atomic E-state index is 0.175. The lowest BCUT2D eigenvalue weighted by Gasteiger charge is -2.33. The molecule has 0 fully saturated rings. The third-order valence-corrected chi connectivity index (χ3v) is 4.00. The van der Waals surface area contributed by atoms with Crippen LogP contribution in [0.1, 0.15) is 16.5 Å². The van der Waals surface area contributed by atoms with E-state index in [1.807, 2.05) is 37.4 Å². The summed E-state index contributed by atoms with van der Waals surface area (Å²) in [6, 6.07) is 14.0. The summed E-state index contributed by atoms with van der Waals surface area (Å²) >= 11 is 12.8. The van der Waals surface area contributed by atoms with E-state index in [1.54, 1.807) is 0 Å². The molecule has 0 spiro atoms. The Morgan fingerprint density at radius 1 is 1.00 bits per heavy atom. The zero-order valence-corrected chi connectivity index (χ0v) is 10.8. The first-order valence-electron chi connectivity index (χ1n) is 5.45. The van der Waals surface area contributed by atoms with Crippen LogP contribution in [0.4, 0.5) is 11.4 Å². The van der Waals surface area contributed by atoms with E-state index in [1.165, 1.54) is 0 Å². The van der Waals surface area contributed by atoms with E-state index in [2.05, 4.69) is 17.0 Å². The van der Waals surface area contributed by atoms with Gasteiger partial charge in [-0.3, -0.25) is 0 Å². The van der Waals surface area contributed by atoms with E-state index in [0.717, 1.165) is 27.5 Å². The maximum absolute atomic E-state index is 6.54. The summed E-state index contributed by atoms with van der Waals surface area (Å²) in [6.07, 6.45) is 0. The molecule has 0 amide bonds. The first-order chi connectivity index (χ1) is 8.20. The van der Waals surface area contributed by atoms with Crippen molar-refractivity contribution >= 4 is 34.6 Å². The number of anilines is 2. The van der Waals surface area contributed by atoms with Crippen molar-refractivity contribution in [3.63, 3.8) is 0 Å². The molecule has 1 atom stereocenters. The van der Waals surface area contributed by atoms with Crippen LogP contribution in [0, 0.1) is 0 Å². The Hall–Kier alpha value is -1.18. The highest BCUT2D eigenvalue weighted by molar-refractivity contribution is 6.34. The molecule has 17 heavy (non-hydrogen) atoms. The zero-order chi connectivity index (χ0) is 12.0. The summed E-state index contributed by atoms with van der Waals surface area (Å²) in [5.41, 5.74) is 4.33. The van der Waals surface area contributed by atoms with Crippen LogP contribution in [0.2, 0.25) is 5.02 Å². The van der Waals surface area contributed by atoms with Gasteiger partial charge in [0.05, 0.1) is 5.38 Å². The van der Waals surface area contributed by atoms with E-state index in [4.69, 9.17) is 23.2 Å². The van der Waals surface area contributed by atoms with Crippen LogP contribution < -0.4 is 4.90 Å². The van der Waals surface area contributed by atoms with E-state index in [0.29, 0.717) is 0 Å². The number of benzene rings is 2. The molecule has 86 valence electrons. The van der Waals surface area contributed by atoms with Crippen molar-refractivity contribution in [1.82, 2.24) is 0 Å². The smallest absolute Gasteiger partial charge is 0.0890 e. The molecular weight excluding hydrogens is 253 g/mol. The normalized spacial score (nSPS) is 17.6. The van der Waals surface area contributed by atoms with Crippen molar-refractivity contribution in [2.75, 3.05) is 11.9 Å². The standard InChI is InChI=1S/C14H11Cl2N/c1-17-11-7-3-2-5-9(11)14(16)13-10(15)6-4-8-12(13)17/h2-8,14H,1H3. The average Bonchev–Trinajstić information content (AvgIpc) is 2.36. The predicted octanol–water partition coefficient (Wildman–Crippen LogP) is 4.75. The Balaban J connectivity index is 2.29. The van der Waals surface area contributed by atoms with Gasteiger partial charge in [-0.05, 0) is 23.8 Å². The van der Waals surface area contributed by atoms with Gasteiger partial charge in [0.25, 0.3) is 0 Å². The van der Waals surface area contributed by atoms with Gasteiger partial charge in [0, 0.05) is 29.0 Å². The van der Waals surface area contributed by atoms with Gasteiger partial charge in [-0.25, -0.2) is 0 Å². The summed E-state index contributed by atoms with van der Waals surface area (Å²) in [6.45, 7) is 0. The predicted molar refractivity (Wildman–Crippen MR) is 73.7 cm³/mol. The lowest BCUT2D eigenvalue weighted by atomic mass is 9.95. The summed E-state index contributed by atoms with van der Waals surface area (Å²) in [5, 5.41) is 0.551. The SMILES string of the molecule is CN1c2ccccc2C(Cl)c2c(Cl)cccc21. The van der Waals surface area contributed by atoms with Crippen molar-refractivity contribution < 1.29 is 0 Å². The van der Waals surface area contributed by atoms with Crippen LogP contribution in [-0.2, 0) is 0 Å². The first kappa shape index (κ1) is 10.9. The Labute approximate surface area is 111 Å². The second-order valence-electron chi connectivity index (χ2n) is 4.15. The maximum Gasteiger partial charge on any atom is 0.0890 e. The number of para-hydroxylation sites is 1. The maximum atomic E-state index is 6.54. The topological polar surface area (TPSA) is 3.24 Å². The molecule has 2 aromatic rings. The van der Waals surface area contributed by atoms with Gasteiger partial charge in [-0.2, -0.15) is 0 Å². The molecule has 1 aliphatic heterocycles. The van der Waals surface area contributed by atoms with Gasteiger partial charge in [-0.15, -0.1) is 11.6 Å². The van der Waals surface area contributed by atoms with Crippen LogP contribution in [-0.4, -0.2) is 7.05 Å². The molecule has 0 saturated carbocycles. The molecular formula is C14H11Cl2N. The Kier molecular flexibility index (Phi) is 2.53. The van der Waals surface area contributed by atoms with E-state index < -0.39 is 0 Å². The number of fused-ring (bicyclic) bond motifs is 2. The first-order valence-corrected chi connectivity index (χ1v) is 6.26. The molecule has 3 heteroatoms. The molecule has 0 saturated heterocycles. The van der Waals surface area contributed by atoms with Crippen LogP contribution in [0.15, 0.2) is 42.5 Å². The number of halogens is 2. The number of hydrogen-bond acceptors (Lipinski definition) is 1. The number of rotatable bonds is 0. The number of hydrogen-bond donors (Lipinski definition) is 0. The fraction of sp³-hybridized carbons (Fsp3) is 0.143. The van der Waals surface area contributed by atoms with Gasteiger partial charge in [0.1, 0.15) is 0 Å². The molecule has 2 aromatic carbocycles. The van der Waals surface area contributed by atoms with Crippen LogP contribution >= 0.6 is 23.2 Å². The lowest BCUT2D eigenvalue weighted by Crippen LogP contribution is -2.19. The van der Waals surface area contributed by atoms with Gasteiger partial charge in [0.15, 0.2) is 0 Å². The van der Waals surface area contributed by atoms with Crippen LogP contribution in [0.5, 0.6) is 0 Å². The monoisotopic (exact) mass is 263 g/mol. The molecule has 1 aliphatic rings. The quantitative estimate of drug-likeness (QED) is 0.620. The number of nitrogens with zero attached hydrogens (tertiary/aromatic N) is 1. The molecule has 1 nitrogen and oxygen atoms in total. The zero-order valence-electron chi connectivity index (χ0n) is 9.32. The van der Waals surface area contributed by atoms with E-state index in [9.17, 15) is 0 Å². The summed E-state index contributed by atoms with van der Waals surface area (Å²) in [5.74, 6) is 0. The van der Waals surface area contributed by atoms with Gasteiger partial charge in [-0.1, -0.05) is 35.9 Å². The van der Waals surface area contributed by atoms with Gasteiger partial charge < -0.3 is 4.90 Å². The summed E-state index contributed by atoms with van der Waals surface area (Å²) in [4.78, 5) is 2.13. The minimum Gasteiger partial charge on any atom is -0.344 e. The average molecular weight is 264 g/mol. The fourth-order valence-electron chi connectivity index (χ4n) is 2.36. The molecule has 1 unspecified atom stereocenters. The second-order valence-corrected chi connectivity index (χ2v) is 5.00. The highest BCUT2D eigenvalue weighted by Gasteiger charge is 2.28. The fourth-order valence-corrected chi connectivity index (χ4v) is 3.11. The molecule has 0 aromatic heterocycles. The van der Waals surface area contributed by atoms with Gasteiger partial charge in [0.2, 0.25) is 0 Å². The van der Waals surface area contributed by atoms with E-state index >= 15 is 0 Å². The third-order valence-electron chi connectivity index (χ3n) is 3.22. The molecule has 1 heterocycles. The van der Waals surface area contributed by atoms with Crippen molar-refractivity contribution in [2.24, 2.45) is 0 Å². The molecule has 0 N–H and O–H groups in total. The van der Waals surface area contributed by atoms with Crippen molar-refractivity contribution in [1.29, 1.82) is 0 Å². The van der Waals surface area contributed by atoms with Crippen molar-refractivity contribution in [3.05, 3.63) is 58.6 Å². The van der Waals surface area contributed by atoms with E-state index in [-0.39, 0.29) is 5.38 Å². The highest BCUT2D eigenvalue weighted by atomic mass is 35.5. The Morgan fingerprint density at radius 3 is 2.53 bits per heavy atom. The van der Waals surface area contributed by atoms with Crippen molar-refractivity contribution in [3.8, 4) is 0 Å². The summed E-state index contributed by atoms with van der Waals surface area (Å²) in [7, 11) is 2.04. The highest BCUT2D eigenvalue weighted by Crippen LogP contribution is 2.48.